The number of rotatable bonds is 3. The van der Waals surface area contributed by atoms with Crippen LogP contribution in [0.1, 0.15) is 17.3 Å². The van der Waals surface area contributed by atoms with Crippen LogP contribution in [0.5, 0.6) is 0 Å². The van der Waals surface area contributed by atoms with Crippen molar-refractivity contribution in [3.05, 3.63) is 28.8 Å². The van der Waals surface area contributed by atoms with Crippen LogP contribution in [-0.2, 0) is 4.74 Å². The van der Waals surface area contributed by atoms with Crippen molar-refractivity contribution in [2.75, 3.05) is 11.9 Å². The molecule has 0 atom stereocenters. The Labute approximate surface area is 102 Å². The molecule has 1 aromatic carbocycles. The molecule has 0 aliphatic carbocycles. The fourth-order valence-corrected chi connectivity index (χ4v) is 1.45. The Hall–Kier alpha value is -1.26. The van der Waals surface area contributed by atoms with Crippen molar-refractivity contribution < 1.29 is 14.3 Å². The first-order valence-electron chi connectivity index (χ1n) is 4.47. The lowest BCUT2D eigenvalue weighted by atomic mass is 10.2. The van der Waals surface area contributed by atoms with Gasteiger partial charge in [-0.15, -0.1) is 0 Å². The van der Waals surface area contributed by atoms with Crippen LogP contribution in [0.3, 0.4) is 0 Å². The molecule has 0 aliphatic heterocycles. The maximum atomic E-state index is 11.1. The average Bonchev–Trinajstić information content (AvgIpc) is 2.21. The van der Waals surface area contributed by atoms with E-state index >= 15 is 0 Å². The number of nitrogens with one attached hydrogen (secondary N) is 1. The zero-order valence-electron chi connectivity index (χ0n) is 8.42. The summed E-state index contributed by atoms with van der Waals surface area (Å²) in [5.41, 5.74) is 0.532. The second-order valence-corrected chi connectivity index (χ2v) is 3.56. The summed E-state index contributed by atoms with van der Waals surface area (Å²) in [6.07, 6.45) is -0.599. The SMILES string of the molecule is CCOC(=O)Nc1ccc(Cl)c(C(=O)Cl)c1. The highest BCUT2D eigenvalue weighted by Crippen LogP contribution is 2.22. The Morgan fingerprint density at radius 2 is 2.12 bits per heavy atom. The van der Waals surface area contributed by atoms with Crippen LogP contribution in [0.4, 0.5) is 10.5 Å². The number of halogens is 2. The Bertz CT molecular complexity index is 421. The number of hydrogen-bond donors (Lipinski definition) is 1. The van der Waals surface area contributed by atoms with E-state index in [4.69, 9.17) is 23.2 Å². The van der Waals surface area contributed by atoms with Gasteiger partial charge in [-0.25, -0.2) is 4.79 Å². The fourth-order valence-electron chi connectivity index (χ4n) is 1.04. The minimum Gasteiger partial charge on any atom is -0.450 e. The van der Waals surface area contributed by atoms with E-state index in [9.17, 15) is 9.59 Å². The van der Waals surface area contributed by atoms with Crippen LogP contribution in [0.2, 0.25) is 5.02 Å². The summed E-state index contributed by atoms with van der Waals surface area (Å²) in [5.74, 6) is 0. The third-order valence-electron chi connectivity index (χ3n) is 1.70. The zero-order valence-corrected chi connectivity index (χ0v) is 9.93. The van der Waals surface area contributed by atoms with Gasteiger partial charge in [0.05, 0.1) is 17.2 Å². The number of anilines is 1. The first kappa shape index (κ1) is 12.8. The van der Waals surface area contributed by atoms with Crippen molar-refractivity contribution in [3.63, 3.8) is 0 Å². The minimum absolute atomic E-state index is 0.137. The Balaban J connectivity index is 2.87. The minimum atomic E-state index is -0.683. The van der Waals surface area contributed by atoms with E-state index in [0.717, 1.165) is 0 Å². The summed E-state index contributed by atoms with van der Waals surface area (Å²) in [5, 5.41) is 1.98. The van der Waals surface area contributed by atoms with E-state index in [1.807, 2.05) is 0 Å². The topological polar surface area (TPSA) is 55.4 Å². The lowest BCUT2D eigenvalue weighted by molar-refractivity contribution is 0.108. The van der Waals surface area contributed by atoms with Crippen molar-refractivity contribution in [1.29, 1.82) is 0 Å². The molecule has 0 unspecified atom stereocenters. The van der Waals surface area contributed by atoms with Crippen LogP contribution in [0, 0.1) is 0 Å². The second-order valence-electron chi connectivity index (χ2n) is 2.81. The highest BCUT2D eigenvalue weighted by molar-refractivity contribution is 6.68. The van der Waals surface area contributed by atoms with Crippen LogP contribution < -0.4 is 5.32 Å². The molecule has 6 heteroatoms. The summed E-state index contributed by atoms with van der Waals surface area (Å²) >= 11 is 11.1. The average molecular weight is 262 g/mol. The second kappa shape index (κ2) is 5.72. The van der Waals surface area contributed by atoms with Crippen molar-refractivity contribution >= 4 is 40.2 Å². The van der Waals surface area contributed by atoms with Crippen LogP contribution in [0.15, 0.2) is 18.2 Å². The van der Waals surface area contributed by atoms with E-state index in [2.05, 4.69) is 10.1 Å². The standard InChI is InChI=1S/C10H9Cl2NO3/c1-2-16-10(15)13-6-3-4-8(11)7(5-6)9(12)14/h3-5H,2H2,1H3,(H,13,15). The predicted octanol–water partition coefficient (Wildman–Crippen LogP) is 3.29. The van der Waals surface area contributed by atoms with Crippen molar-refractivity contribution in [3.8, 4) is 0 Å². The van der Waals surface area contributed by atoms with Gasteiger partial charge in [0.1, 0.15) is 0 Å². The smallest absolute Gasteiger partial charge is 0.411 e. The van der Waals surface area contributed by atoms with E-state index in [1.54, 1.807) is 13.0 Å². The van der Waals surface area contributed by atoms with E-state index in [0.29, 0.717) is 5.69 Å². The third-order valence-corrected chi connectivity index (χ3v) is 2.23. The molecular weight excluding hydrogens is 253 g/mol. The molecule has 0 spiro atoms. The van der Waals surface area contributed by atoms with Crippen molar-refractivity contribution in [1.82, 2.24) is 0 Å². The molecule has 86 valence electrons. The molecule has 1 N–H and O–H groups in total. The highest BCUT2D eigenvalue weighted by atomic mass is 35.5. The monoisotopic (exact) mass is 261 g/mol. The first-order chi connectivity index (χ1) is 7.54. The van der Waals surface area contributed by atoms with E-state index < -0.39 is 11.3 Å². The Kier molecular flexibility index (Phi) is 4.58. The molecule has 1 rings (SSSR count). The molecule has 0 saturated carbocycles. The third kappa shape index (κ3) is 3.40. The predicted molar refractivity (Wildman–Crippen MR) is 62.3 cm³/mol. The van der Waals surface area contributed by atoms with E-state index in [-0.39, 0.29) is 17.2 Å². The molecule has 0 saturated heterocycles. The number of carbonyl (C=O) groups is 2. The van der Waals surface area contributed by atoms with E-state index in [1.165, 1.54) is 12.1 Å². The summed E-state index contributed by atoms with van der Waals surface area (Å²) < 4.78 is 4.68. The van der Waals surface area contributed by atoms with Gasteiger partial charge in [-0.3, -0.25) is 10.1 Å². The molecule has 0 radical (unpaired) electrons. The quantitative estimate of drug-likeness (QED) is 0.850. The molecule has 0 fully saturated rings. The molecule has 16 heavy (non-hydrogen) atoms. The summed E-state index contributed by atoms with van der Waals surface area (Å²) in [7, 11) is 0. The van der Waals surface area contributed by atoms with Crippen LogP contribution >= 0.6 is 23.2 Å². The number of amides is 1. The molecule has 0 aromatic heterocycles. The first-order valence-corrected chi connectivity index (χ1v) is 5.23. The maximum absolute atomic E-state index is 11.1. The van der Waals surface area contributed by atoms with Crippen LogP contribution in [0.25, 0.3) is 0 Å². The maximum Gasteiger partial charge on any atom is 0.411 e. The summed E-state index contributed by atoms with van der Waals surface area (Å²) in [6.45, 7) is 1.95. The molecule has 0 bridgehead atoms. The molecular formula is C10H9Cl2NO3. The molecule has 1 amide bonds. The number of carbonyl (C=O) groups excluding carboxylic acids is 2. The van der Waals surface area contributed by atoms with Gasteiger partial charge in [-0.1, -0.05) is 11.6 Å². The molecule has 0 aliphatic rings. The lowest BCUT2D eigenvalue weighted by Gasteiger charge is -2.06. The van der Waals surface area contributed by atoms with Gasteiger partial charge in [0.25, 0.3) is 5.24 Å². The van der Waals surface area contributed by atoms with Gasteiger partial charge in [0, 0.05) is 5.69 Å². The van der Waals surface area contributed by atoms with Crippen molar-refractivity contribution in [2.45, 2.75) is 6.92 Å². The van der Waals surface area contributed by atoms with Crippen LogP contribution in [-0.4, -0.2) is 17.9 Å². The van der Waals surface area contributed by atoms with Gasteiger partial charge in [0.2, 0.25) is 0 Å². The molecule has 0 heterocycles. The van der Waals surface area contributed by atoms with Gasteiger partial charge in [0.15, 0.2) is 0 Å². The summed E-state index contributed by atoms with van der Waals surface area (Å²) in [6, 6.07) is 4.40. The van der Waals surface area contributed by atoms with Gasteiger partial charge in [-0.05, 0) is 36.7 Å². The van der Waals surface area contributed by atoms with Gasteiger partial charge >= 0.3 is 6.09 Å². The van der Waals surface area contributed by atoms with Crippen molar-refractivity contribution in [2.24, 2.45) is 0 Å². The summed E-state index contributed by atoms with van der Waals surface area (Å²) in [4.78, 5) is 22.1. The highest BCUT2D eigenvalue weighted by Gasteiger charge is 2.10. The van der Waals surface area contributed by atoms with Gasteiger partial charge < -0.3 is 4.74 Å². The Morgan fingerprint density at radius 1 is 1.44 bits per heavy atom. The molecule has 1 aromatic rings. The molecule has 4 nitrogen and oxygen atoms in total. The fraction of sp³-hybridized carbons (Fsp3) is 0.200. The largest absolute Gasteiger partial charge is 0.450 e. The lowest BCUT2D eigenvalue weighted by Crippen LogP contribution is -2.13. The van der Waals surface area contributed by atoms with Gasteiger partial charge in [-0.2, -0.15) is 0 Å². The number of hydrogen-bond acceptors (Lipinski definition) is 3. The number of ether oxygens (including phenoxy) is 1. The normalized spacial score (nSPS) is 9.69. The zero-order chi connectivity index (χ0) is 12.1. The number of benzene rings is 1. The Morgan fingerprint density at radius 3 is 2.69 bits per heavy atom.